The van der Waals surface area contributed by atoms with Gasteiger partial charge in [-0.1, -0.05) is 0 Å². The van der Waals surface area contributed by atoms with Gasteiger partial charge in [0.05, 0.1) is 6.04 Å². The van der Waals surface area contributed by atoms with Crippen LogP contribution in [-0.2, 0) is 0 Å². The Kier molecular flexibility index (Phi) is 2.26. The molecule has 16 heavy (non-hydrogen) atoms. The molecule has 1 atom stereocenters. The Labute approximate surface area is 95.6 Å². The van der Waals surface area contributed by atoms with Gasteiger partial charge in [-0.25, -0.2) is 4.68 Å². The van der Waals surface area contributed by atoms with E-state index >= 15 is 0 Å². The first-order valence-electron chi connectivity index (χ1n) is 6.22. The zero-order valence-electron chi connectivity index (χ0n) is 9.76. The second-order valence-electron chi connectivity index (χ2n) is 4.99. The number of hydrogen-bond donors (Lipinski definition) is 1. The highest BCUT2D eigenvalue weighted by molar-refractivity contribution is 5.36. The van der Waals surface area contributed by atoms with E-state index < -0.39 is 0 Å². The Balaban J connectivity index is 1.82. The fourth-order valence-electron chi connectivity index (χ4n) is 2.45. The van der Waals surface area contributed by atoms with Crippen molar-refractivity contribution in [3.63, 3.8) is 0 Å². The molecule has 1 aliphatic heterocycles. The zero-order chi connectivity index (χ0) is 11.1. The molecule has 3 rings (SSSR count). The molecule has 0 aromatic carbocycles. The highest BCUT2D eigenvalue weighted by Crippen LogP contribution is 2.40. The Bertz CT molecular complexity index is 376. The molecule has 0 spiro atoms. The van der Waals surface area contributed by atoms with Crippen LogP contribution in [0.3, 0.4) is 0 Å². The summed E-state index contributed by atoms with van der Waals surface area (Å²) in [5.74, 6) is 2.15. The second-order valence-corrected chi connectivity index (χ2v) is 4.99. The van der Waals surface area contributed by atoms with Crippen LogP contribution in [0, 0.1) is 5.92 Å². The number of anilines is 2. The van der Waals surface area contributed by atoms with E-state index in [4.69, 9.17) is 5.73 Å². The normalized spacial score (nSPS) is 22.7. The van der Waals surface area contributed by atoms with Gasteiger partial charge in [0, 0.05) is 13.1 Å². The topological polar surface area (TPSA) is 60.0 Å². The third-order valence-electron chi connectivity index (χ3n) is 3.73. The van der Waals surface area contributed by atoms with Crippen molar-refractivity contribution >= 4 is 11.9 Å². The lowest BCUT2D eigenvalue weighted by atomic mass is 10.2. The SMILES string of the molecule is CC(C1CC1)n1nc(N2CCCC2)nc1N. The summed E-state index contributed by atoms with van der Waals surface area (Å²) < 4.78 is 1.91. The number of nitrogen functional groups attached to an aromatic ring is 1. The Morgan fingerprint density at radius 3 is 2.62 bits per heavy atom. The van der Waals surface area contributed by atoms with Crippen molar-refractivity contribution in [1.82, 2.24) is 14.8 Å². The van der Waals surface area contributed by atoms with Crippen molar-refractivity contribution in [3.8, 4) is 0 Å². The van der Waals surface area contributed by atoms with Crippen molar-refractivity contribution in [2.45, 2.75) is 38.6 Å². The molecule has 5 heteroatoms. The van der Waals surface area contributed by atoms with E-state index in [0.717, 1.165) is 25.0 Å². The molecule has 0 radical (unpaired) electrons. The fraction of sp³-hybridized carbons (Fsp3) is 0.818. The van der Waals surface area contributed by atoms with Crippen LogP contribution in [0.5, 0.6) is 0 Å². The summed E-state index contributed by atoms with van der Waals surface area (Å²) in [4.78, 5) is 6.61. The number of aromatic nitrogens is 3. The number of rotatable bonds is 3. The second kappa shape index (κ2) is 3.64. The van der Waals surface area contributed by atoms with E-state index in [-0.39, 0.29) is 0 Å². The first-order valence-corrected chi connectivity index (χ1v) is 6.22. The van der Waals surface area contributed by atoms with Crippen LogP contribution in [0.1, 0.15) is 38.6 Å². The first kappa shape index (κ1) is 9.93. The van der Waals surface area contributed by atoms with Crippen LogP contribution in [0.15, 0.2) is 0 Å². The average molecular weight is 221 g/mol. The van der Waals surface area contributed by atoms with E-state index in [1.807, 2.05) is 4.68 Å². The van der Waals surface area contributed by atoms with Gasteiger partial charge in [-0.05, 0) is 38.5 Å². The molecule has 0 bridgehead atoms. The maximum atomic E-state index is 5.94. The Morgan fingerprint density at radius 2 is 2.00 bits per heavy atom. The van der Waals surface area contributed by atoms with Crippen molar-refractivity contribution in [1.29, 1.82) is 0 Å². The molecule has 1 saturated carbocycles. The summed E-state index contributed by atoms with van der Waals surface area (Å²) in [6.45, 7) is 4.33. The van der Waals surface area contributed by atoms with E-state index in [1.54, 1.807) is 0 Å². The molecule has 1 unspecified atom stereocenters. The molecule has 1 aromatic rings. The van der Waals surface area contributed by atoms with Gasteiger partial charge in [0.1, 0.15) is 0 Å². The molecular weight excluding hydrogens is 202 g/mol. The maximum absolute atomic E-state index is 5.94. The zero-order valence-corrected chi connectivity index (χ0v) is 9.76. The van der Waals surface area contributed by atoms with Crippen LogP contribution in [0.2, 0.25) is 0 Å². The average Bonchev–Trinajstić information content (AvgIpc) is 2.84. The Morgan fingerprint density at radius 1 is 1.31 bits per heavy atom. The fourth-order valence-corrected chi connectivity index (χ4v) is 2.45. The third kappa shape index (κ3) is 1.64. The molecule has 0 amide bonds. The largest absolute Gasteiger partial charge is 0.368 e. The predicted molar refractivity (Wildman–Crippen MR) is 63.3 cm³/mol. The Hall–Kier alpha value is -1.26. The highest BCUT2D eigenvalue weighted by Gasteiger charge is 2.31. The first-order chi connectivity index (χ1) is 7.75. The minimum atomic E-state index is 0.406. The van der Waals surface area contributed by atoms with Crippen molar-refractivity contribution in [2.24, 2.45) is 5.92 Å². The van der Waals surface area contributed by atoms with Gasteiger partial charge in [-0.15, -0.1) is 5.10 Å². The van der Waals surface area contributed by atoms with Crippen LogP contribution < -0.4 is 10.6 Å². The quantitative estimate of drug-likeness (QED) is 0.838. The van der Waals surface area contributed by atoms with Gasteiger partial charge >= 0.3 is 0 Å². The van der Waals surface area contributed by atoms with E-state index in [2.05, 4.69) is 21.9 Å². The molecule has 5 nitrogen and oxygen atoms in total. The van der Waals surface area contributed by atoms with Crippen LogP contribution in [0.4, 0.5) is 11.9 Å². The molecule has 2 aliphatic rings. The van der Waals surface area contributed by atoms with Gasteiger partial charge in [-0.2, -0.15) is 4.98 Å². The number of nitrogens with zero attached hydrogens (tertiary/aromatic N) is 4. The lowest BCUT2D eigenvalue weighted by Gasteiger charge is -2.13. The van der Waals surface area contributed by atoms with Crippen LogP contribution in [-0.4, -0.2) is 27.9 Å². The smallest absolute Gasteiger partial charge is 0.246 e. The molecule has 1 aliphatic carbocycles. The molecule has 1 aromatic heterocycles. The number of hydrogen-bond acceptors (Lipinski definition) is 4. The summed E-state index contributed by atoms with van der Waals surface area (Å²) in [7, 11) is 0. The molecular formula is C11H19N5. The third-order valence-corrected chi connectivity index (χ3v) is 3.73. The van der Waals surface area contributed by atoms with Crippen molar-refractivity contribution in [2.75, 3.05) is 23.7 Å². The molecule has 88 valence electrons. The monoisotopic (exact) mass is 221 g/mol. The van der Waals surface area contributed by atoms with Gasteiger partial charge in [0.25, 0.3) is 0 Å². The highest BCUT2D eigenvalue weighted by atomic mass is 15.5. The molecule has 1 saturated heterocycles. The molecule has 2 fully saturated rings. The summed E-state index contributed by atoms with van der Waals surface area (Å²) in [5, 5.41) is 4.56. The minimum Gasteiger partial charge on any atom is -0.368 e. The van der Waals surface area contributed by atoms with E-state index in [1.165, 1.54) is 25.7 Å². The van der Waals surface area contributed by atoms with Gasteiger partial charge in [-0.3, -0.25) is 0 Å². The standard InChI is InChI=1S/C11H19N5/c1-8(9-4-5-9)16-10(12)13-11(14-16)15-6-2-3-7-15/h8-9H,2-7H2,1H3,(H2,12,13,14). The summed E-state index contributed by atoms with van der Waals surface area (Å²) >= 11 is 0. The lowest BCUT2D eigenvalue weighted by Crippen LogP contribution is -2.19. The summed E-state index contributed by atoms with van der Waals surface area (Å²) in [6, 6.07) is 0.406. The van der Waals surface area contributed by atoms with Crippen LogP contribution in [0.25, 0.3) is 0 Å². The lowest BCUT2D eigenvalue weighted by molar-refractivity contribution is 0.445. The van der Waals surface area contributed by atoms with Gasteiger partial charge in [0.15, 0.2) is 0 Å². The van der Waals surface area contributed by atoms with E-state index in [0.29, 0.717) is 12.0 Å². The van der Waals surface area contributed by atoms with Crippen LogP contribution >= 0.6 is 0 Å². The molecule has 2 N–H and O–H groups in total. The summed E-state index contributed by atoms with van der Waals surface area (Å²) in [5.41, 5.74) is 5.94. The minimum absolute atomic E-state index is 0.406. The van der Waals surface area contributed by atoms with Crippen molar-refractivity contribution < 1.29 is 0 Å². The molecule has 2 heterocycles. The summed E-state index contributed by atoms with van der Waals surface area (Å²) in [6.07, 6.45) is 5.10. The van der Waals surface area contributed by atoms with Gasteiger partial charge < -0.3 is 10.6 Å². The maximum Gasteiger partial charge on any atom is 0.246 e. The number of nitrogens with two attached hydrogens (primary N) is 1. The van der Waals surface area contributed by atoms with Crippen molar-refractivity contribution in [3.05, 3.63) is 0 Å². The van der Waals surface area contributed by atoms with Gasteiger partial charge in [0.2, 0.25) is 11.9 Å². The van der Waals surface area contributed by atoms with E-state index in [9.17, 15) is 0 Å². The predicted octanol–water partition coefficient (Wildman–Crippen LogP) is 1.43.